The summed E-state index contributed by atoms with van der Waals surface area (Å²) in [6.07, 6.45) is 4.12. The molecule has 4 heteroatoms. The molecule has 17 heavy (non-hydrogen) atoms. The molecule has 0 radical (unpaired) electrons. The van der Waals surface area contributed by atoms with Gasteiger partial charge in [0.25, 0.3) is 0 Å². The largest absolute Gasteiger partial charge is 0.377 e. The van der Waals surface area contributed by atoms with Gasteiger partial charge < -0.3 is 15.2 Å². The fourth-order valence-electron chi connectivity index (χ4n) is 3.55. The first kappa shape index (κ1) is 13.3. The van der Waals surface area contributed by atoms with Crippen molar-refractivity contribution in [2.45, 2.75) is 43.9 Å². The molecule has 1 saturated heterocycles. The molecule has 100 valence electrons. The van der Waals surface area contributed by atoms with Crippen LogP contribution in [0, 0.1) is 5.92 Å². The first-order chi connectivity index (χ1) is 8.15. The van der Waals surface area contributed by atoms with Crippen LogP contribution in [0.3, 0.4) is 0 Å². The van der Waals surface area contributed by atoms with Crippen LogP contribution in [0.2, 0.25) is 0 Å². The van der Waals surface area contributed by atoms with Crippen molar-refractivity contribution in [3.8, 4) is 0 Å². The average molecular weight is 242 g/mol. The molecule has 2 aliphatic rings. The van der Waals surface area contributed by atoms with Gasteiger partial charge in [0.2, 0.25) is 0 Å². The molecule has 2 rings (SSSR count). The summed E-state index contributed by atoms with van der Waals surface area (Å²) in [7, 11) is 3.54. The van der Waals surface area contributed by atoms with Crippen LogP contribution in [0.25, 0.3) is 0 Å². The van der Waals surface area contributed by atoms with E-state index in [0.717, 1.165) is 25.6 Å². The van der Waals surface area contributed by atoms with E-state index < -0.39 is 0 Å². The van der Waals surface area contributed by atoms with Gasteiger partial charge in [0.05, 0.1) is 12.2 Å². The topological polar surface area (TPSA) is 47.7 Å². The maximum absolute atomic E-state index is 6.06. The van der Waals surface area contributed by atoms with Crippen molar-refractivity contribution in [3.05, 3.63) is 0 Å². The van der Waals surface area contributed by atoms with Crippen molar-refractivity contribution >= 4 is 0 Å². The van der Waals surface area contributed by atoms with Crippen LogP contribution in [0.5, 0.6) is 0 Å². The summed E-state index contributed by atoms with van der Waals surface area (Å²) in [5.41, 5.74) is 6.26. The Hall–Kier alpha value is -0.160. The normalized spacial score (nSPS) is 43.4. The van der Waals surface area contributed by atoms with Crippen LogP contribution in [-0.4, -0.2) is 56.5 Å². The number of hydrogen-bond acceptors (Lipinski definition) is 4. The van der Waals surface area contributed by atoms with Crippen LogP contribution < -0.4 is 5.73 Å². The van der Waals surface area contributed by atoms with Gasteiger partial charge >= 0.3 is 0 Å². The zero-order chi connectivity index (χ0) is 12.5. The van der Waals surface area contributed by atoms with Gasteiger partial charge in [-0.1, -0.05) is 6.92 Å². The molecule has 1 saturated carbocycles. The van der Waals surface area contributed by atoms with Gasteiger partial charge in [-0.3, -0.25) is 4.90 Å². The minimum absolute atomic E-state index is 0.194. The summed E-state index contributed by atoms with van der Waals surface area (Å²) in [5.74, 6) is 0.793. The summed E-state index contributed by atoms with van der Waals surface area (Å²) in [5, 5.41) is 0. The van der Waals surface area contributed by atoms with Gasteiger partial charge in [-0.25, -0.2) is 0 Å². The van der Waals surface area contributed by atoms with E-state index in [1.807, 2.05) is 0 Å². The van der Waals surface area contributed by atoms with Gasteiger partial charge in [0.1, 0.15) is 0 Å². The highest BCUT2D eigenvalue weighted by atomic mass is 16.5. The molecule has 2 fully saturated rings. The molecule has 2 N–H and O–H groups in total. The van der Waals surface area contributed by atoms with Crippen molar-refractivity contribution in [2.75, 3.05) is 33.9 Å². The number of methoxy groups -OCH3 is 2. The zero-order valence-electron chi connectivity index (χ0n) is 11.3. The highest BCUT2D eigenvalue weighted by molar-refractivity contribution is 5.03. The van der Waals surface area contributed by atoms with Crippen LogP contribution in [0.4, 0.5) is 0 Å². The number of likely N-dealkylation sites (tertiary alicyclic amines) is 1. The van der Waals surface area contributed by atoms with Crippen molar-refractivity contribution in [3.63, 3.8) is 0 Å². The second-order valence-corrected chi connectivity index (χ2v) is 5.73. The molecule has 0 aromatic heterocycles. The quantitative estimate of drug-likeness (QED) is 0.794. The Kier molecular flexibility index (Phi) is 4.08. The SMILES string of the molecule is COC1CN(C2(CN)CCC(C)C2)CC1OC. The second-order valence-electron chi connectivity index (χ2n) is 5.73. The number of hydrogen-bond donors (Lipinski definition) is 1. The minimum atomic E-state index is 0.194. The van der Waals surface area contributed by atoms with E-state index in [1.54, 1.807) is 14.2 Å². The molecular formula is C13H26N2O2. The van der Waals surface area contributed by atoms with Gasteiger partial charge in [0, 0.05) is 39.4 Å². The maximum atomic E-state index is 6.06. The molecule has 0 aromatic rings. The first-order valence-corrected chi connectivity index (χ1v) is 6.66. The molecule has 0 spiro atoms. The second kappa shape index (κ2) is 5.22. The molecule has 4 unspecified atom stereocenters. The minimum Gasteiger partial charge on any atom is -0.377 e. The number of nitrogens with zero attached hydrogens (tertiary/aromatic N) is 1. The highest BCUT2D eigenvalue weighted by Gasteiger charge is 2.47. The summed E-state index contributed by atoms with van der Waals surface area (Å²) in [4.78, 5) is 2.51. The van der Waals surface area contributed by atoms with Gasteiger partial charge in [-0.05, 0) is 25.2 Å². The maximum Gasteiger partial charge on any atom is 0.0972 e. The van der Waals surface area contributed by atoms with Crippen molar-refractivity contribution in [1.29, 1.82) is 0 Å². The van der Waals surface area contributed by atoms with E-state index in [1.165, 1.54) is 19.3 Å². The van der Waals surface area contributed by atoms with Gasteiger partial charge in [0.15, 0.2) is 0 Å². The lowest BCUT2D eigenvalue weighted by Crippen LogP contribution is -2.51. The third-order valence-corrected chi connectivity index (χ3v) is 4.70. The molecule has 4 nitrogen and oxygen atoms in total. The molecule has 0 bridgehead atoms. The Morgan fingerprint density at radius 2 is 1.82 bits per heavy atom. The predicted molar refractivity (Wildman–Crippen MR) is 68.0 cm³/mol. The van der Waals surface area contributed by atoms with Crippen molar-refractivity contribution in [1.82, 2.24) is 4.90 Å². The number of rotatable bonds is 4. The first-order valence-electron chi connectivity index (χ1n) is 6.66. The predicted octanol–water partition coefficient (Wildman–Crippen LogP) is 0.849. The van der Waals surface area contributed by atoms with E-state index in [4.69, 9.17) is 15.2 Å². The number of ether oxygens (including phenoxy) is 2. The molecule has 1 aliphatic heterocycles. The molecule has 1 heterocycles. The van der Waals surface area contributed by atoms with Crippen LogP contribution in [0.15, 0.2) is 0 Å². The molecule has 4 atom stereocenters. The van der Waals surface area contributed by atoms with E-state index >= 15 is 0 Å². The fourth-order valence-corrected chi connectivity index (χ4v) is 3.55. The monoisotopic (exact) mass is 242 g/mol. The van der Waals surface area contributed by atoms with E-state index in [0.29, 0.717) is 0 Å². The van der Waals surface area contributed by atoms with E-state index in [9.17, 15) is 0 Å². The highest BCUT2D eigenvalue weighted by Crippen LogP contribution is 2.40. The summed E-state index contributed by atoms with van der Waals surface area (Å²) in [6.45, 7) is 5.00. The van der Waals surface area contributed by atoms with E-state index in [2.05, 4.69) is 11.8 Å². The lowest BCUT2D eigenvalue weighted by Gasteiger charge is -2.38. The van der Waals surface area contributed by atoms with Crippen LogP contribution in [-0.2, 0) is 9.47 Å². The third-order valence-electron chi connectivity index (χ3n) is 4.70. The standard InChI is InChI=1S/C13H26N2O2/c1-10-4-5-13(6-10,9-14)15-7-11(16-2)12(8-15)17-3/h10-12H,4-9,14H2,1-3H3. The summed E-state index contributed by atoms with van der Waals surface area (Å²) < 4.78 is 11.0. The number of nitrogens with two attached hydrogens (primary N) is 1. The smallest absolute Gasteiger partial charge is 0.0972 e. The molecule has 1 aliphatic carbocycles. The fraction of sp³-hybridized carbons (Fsp3) is 1.00. The Labute approximate surface area is 104 Å². The van der Waals surface area contributed by atoms with Crippen molar-refractivity contribution in [2.24, 2.45) is 11.7 Å². The Balaban J connectivity index is 2.07. The Bertz CT molecular complexity index is 250. The van der Waals surface area contributed by atoms with Gasteiger partial charge in [-0.2, -0.15) is 0 Å². The third kappa shape index (κ3) is 2.36. The van der Waals surface area contributed by atoms with E-state index in [-0.39, 0.29) is 17.7 Å². The van der Waals surface area contributed by atoms with Gasteiger partial charge in [-0.15, -0.1) is 0 Å². The average Bonchev–Trinajstić information content (AvgIpc) is 2.92. The molecule has 0 amide bonds. The van der Waals surface area contributed by atoms with Crippen LogP contribution >= 0.6 is 0 Å². The lowest BCUT2D eigenvalue weighted by atomic mass is 9.94. The zero-order valence-corrected chi connectivity index (χ0v) is 11.3. The molecule has 0 aromatic carbocycles. The summed E-state index contributed by atoms with van der Waals surface area (Å²) in [6, 6.07) is 0. The lowest BCUT2D eigenvalue weighted by molar-refractivity contribution is -0.00461. The van der Waals surface area contributed by atoms with Crippen molar-refractivity contribution < 1.29 is 9.47 Å². The summed E-state index contributed by atoms with van der Waals surface area (Å²) >= 11 is 0. The Morgan fingerprint density at radius 1 is 1.24 bits per heavy atom. The van der Waals surface area contributed by atoms with Crippen LogP contribution in [0.1, 0.15) is 26.2 Å². The molecular weight excluding hydrogens is 216 g/mol. The Morgan fingerprint density at radius 3 is 2.18 bits per heavy atom.